The number of carbonyl (C=O) groups is 2. The van der Waals surface area contributed by atoms with E-state index < -0.39 is 17.9 Å². The second kappa shape index (κ2) is 6.86. The molecule has 98 valence electrons. The first-order valence-corrected chi connectivity index (χ1v) is 6.63. The summed E-state index contributed by atoms with van der Waals surface area (Å²) < 4.78 is 1.41. The summed E-state index contributed by atoms with van der Waals surface area (Å²) in [7, 11) is 0. The van der Waals surface area contributed by atoms with Gasteiger partial charge in [-0.1, -0.05) is 31.9 Å². The first-order chi connectivity index (χ1) is 8.43. The van der Waals surface area contributed by atoms with Crippen LogP contribution >= 0.6 is 31.9 Å². The molecule has 1 amide bonds. The highest BCUT2D eigenvalue weighted by molar-refractivity contribution is 9.11. The minimum Gasteiger partial charge on any atom is -0.480 e. The maximum Gasteiger partial charge on any atom is 0.326 e. The van der Waals surface area contributed by atoms with Crippen molar-refractivity contribution in [1.82, 2.24) is 5.32 Å². The van der Waals surface area contributed by atoms with E-state index in [9.17, 15) is 9.59 Å². The number of hydrogen-bond donors (Lipinski definition) is 3. The number of amides is 1. The van der Waals surface area contributed by atoms with Crippen LogP contribution in [0.2, 0.25) is 0 Å². The lowest BCUT2D eigenvalue weighted by atomic mass is 10.1. The second-order valence-electron chi connectivity index (χ2n) is 3.53. The number of rotatable bonds is 5. The van der Waals surface area contributed by atoms with Crippen molar-refractivity contribution in [3.8, 4) is 0 Å². The van der Waals surface area contributed by atoms with E-state index in [2.05, 4.69) is 37.2 Å². The number of halogens is 2. The van der Waals surface area contributed by atoms with Gasteiger partial charge < -0.3 is 15.5 Å². The number of carbonyl (C=O) groups excluding carboxylic acids is 1. The summed E-state index contributed by atoms with van der Waals surface area (Å²) >= 11 is 6.48. The Labute approximate surface area is 120 Å². The molecule has 0 radical (unpaired) electrons. The Morgan fingerprint density at radius 2 is 1.78 bits per heavy atom. The second-order valence-corrected chi connectivity index (χ2v) is 5.37. The molecule has 7 heteroatoms. The lowest BCUT2D eigenvalue weighted by Crippen LogP contribution is -2.41. The molecule has 1 atom stereocenters. The van der Waals surface area contributed by atoms with Crippen LogP contribution in [0.3, 0.4) is 0 Å². The van der Waals surface area contributed by atoms with E-state index in [-0.39, 0.29) is 13.0 Å². The Morgan fingerprint density at radius 1 is 1.22 bits per heavy atom. The summed E-state index contributed by atoms with van der Waals surface area (Å²) in [6.07, 6.45) is -0.0315. The molecule has 1 aromatic carbocycles. The van der Waals surface area contributed by atoms with Gasteiger partial charge in [0.05, 0.1) is 0 Å². The fraction of sp³-hybridized carbons (Fsp3) is 0.273. The van der Waals surface area contributed by atoms with Crippen LogP contribution in [0.25, 0.3) is 0 Å². The molecule has 3 N–H and O–H groups in total. The summed E-state index contributed by atoms with van der Waals surface area (Å²) in [6, 6.07) is 3.83. The normalized spacial score (nSPS) is 11.9. The van der Waals surface area contributed by atoms with Gasteiger partial charge in [-0.2, -0.15) is 0 Å². The van der Waals surface area contributed by atoms with Crippen LogP contribution in [0.1, 0.15) is 16.8 Å². The minimum absolute atomic E-state index is 0.0315. The van der Waals surface area contributed by atoms with E-state index in [1.54, 1.807) is 18.2 Å². The standard InChI is InChI=1S/C11H11Br2NO4/c12-7-3-6(4-8(13)5-7)10(16)14-9(1-2-15)11(17)18/h3-5,9,15H,1-2H2,(H,14,16)(H,17,18)/t9-/m0/s1. The Bertz CT molecular complexity index is 444. The van der Waals surface area contributed by atoms with Crippen molar-refractivity contribution in [2.45, 2.75) is 12.5 Å². The average Bonchev–Trinajstić information content (AvgIpc) is 2.26. The molecule has 1 aromatic rings. The monoisotopic (exact) mass is 379 g/mol. The fourth-order valence-corrected chi connectivity index (χ4v) is 2.61. The van der Waals surface area contributed by atoms with Crippen LogP contribution in [0.5, 0.6) is 0 Å². The molecule has 0 saturated carbocycles. The van der Waals surface area contributed by atoms with Gasteiger partial charge in [-0.25, -0.2) is 4.79 Å². The number of carboxylic acids is 1. The minimum atomic E-state index is -1.17. The predicted octanol–water partition coefficient (Wildman–Crippen LogP) is 1.78. The smallest absolute Gasteiger partial charge is 0.326 e. The summed E-state index contributed by atoms with van der Waals surface area (Å²) in [5, 5.41) is 19.9. The molecular weight excluding hydrogens is 370 g/mol. The van der Waals surface area contributed by atoms with Gasteiger partial charge >= 0.3 is 5.97 Å². The van der Waals surface area contributed by atoms with Gasteiger partial charge in [0.1, 0.15) is 6.04 Å². The van der Waals surface area contributed by atoms with Gasteiger partial charge in [0.25, 0.3) is 5.91 Å². The van der Waals surface area contributed by atoms with Crippen molar-refractivity contribution < 1.29 is 19.8 Å². The van der Waals surface area contributed by atoms with E-state index in [0.29, 0.717) is 14.5 Å². The van der Waals surface area contributed by atoms with E-state index >= 15 is 0 Å². The molecule has 0 spiro atoms. The van der Waals surface area contributed by atoms with Crippen molar-refractivity contribution in [2.24, 2.45) is 0 Å². The highest BCUT2D eigenvalue weighted by Crippen LogP contribution is 2.20. The quantitative estimate of drug-likeness (QED) is 0.726. The van der Waals surface area contributed by atoms with Crippen LogP contribution in [0.15, 0.2) is 27.1 Å². The largest absolute Gasteiger partial charge is 0.480 e. The van der Waals surface area contributed by atoms with Crippen molar-refractivity contribution in [3.05, 3.63) is 32.7 Å². The summed E-state index contributed by atoms with van der Waals surface area (Å²) in [5.74, 6) is -1.68. The first-order valence-electron chi connectivity index (χ1n) is 5.04. The van der Waals surface area contributed by atoms with Gasteiger partial charge in [-0.15, -0.1) is 0 Å². The van der Waals surface area contributed by atoms with E-state index in [1.165, 1.54) is 0 Å². The molecule has 0 saturated heterocycles. The molecule has 0 aliphatic rings. The number of benzene rings is 1. The third-order valence-electron chi connectivity index (χ3n) is 2.15. The molecule has 0 aliphatic heterocycles. The molecule has 0 bridgehead atoms. The van der Waals surface area contributed by atoms with Gasteiger partial charge in [0.2, 0.25) is 0 Å². The van der Waals surface area contributed by atoms with Gasteiger partial charge in [-0.05, 0) is 18.2 Å². The zero-order valence-electron chi connectivity index (χ0n) is 9.19. The van der Waals surface area contributed by atoms with Crippen molar-refractivity contribution in [2.75, 3.05) is 6.61 Å². The number of aliphatic carboxylic acids is 1. The van der Waals surface area contributed by atoms with Crippen molar-refractivity contribution in [3.63, 3.8) is 0 Å². The molecule has 0 heterocycles. The summed E-state index contributed by atoms with van der Waals surface area (Å²) in [4.78, 5) is 22.7. The van der Waals surface area contributed by atoms with E-state index in [0.717, 1.165) is 0 Å². The van der Waals surface area contributed by atoms with Crippen LogP contribution in [-0.2, 0) is 4.79 Å². The third-order valence-corrected chi connectivity index (χ3v) is 3.06. The number of aliphatic hydroxyl groups excluding tert-OH is 1. The fourth-order valence-electron chi connectivity index (χ4n) is 1.31. The Hall–Kier alpha value is -0.920. The molecule has 0 unspecified atom stereocenters. The zero-order valence-corrected chi connectivity index (χ0v) is 12.4. The Kier molecular flexibility index (Phi) is 5.77. The highest BCUT2D eigenvalue weighted by atomic mass is 79.9. The molecular formula is C11H11Br2NO4. The van der Waals surface area contributed by atoms with E-state index in [1.807, 2.05) is 0 Å². The van der Waals surface area contributed by atoms with Crippen molar-refractivity contribution in [1.29, 1.82) is 0 Å². The highest BCUT2D eigenvalue weighted by Gasteiger charge is 2.20. The van der Waals surface area contributed by atoms with Crippen LogP contribution < -0.4 is 5.32 Å². The van der Waals surface area contributed by atoms with E-state index in [4.69, 9.17) is 10.2 Å². The lowest BCUT2D eigenvalue weighted by Gasteiger charge is -2.13. The maximum absolute atomic E-state index is 11.8. The molecule has 18 heavy (non-hydrogen) atoms. The van der Waals surface area contributed by atoms with Crippen molar-refractivity contribution >= 4 is 43.7 Å². The predicted molar refractivity (Wildman–Crippen MR) is 72.4 cm³/mol. The molecule has 0 aromatic heterocycles. The summed E-state index contributed by atoms with van der Waals surface area (Å²) in [5.41, 5.74) is 0.334. The molecule has 1 rings (SSSR count). The average molecular weight is 381 g/mol. The maximum atomic E-state index is 11.8. The van der Waals surface area contributed by atoms with Crippen LogP contribution in [0.4, 0.5) is 0 Å². The SMILES string of the molecule is O=C(N[C@@H](CCO)C(=O)O)c1cc(Br)cc(Br)c1. The number of aliphatic hydroxyl groups is 1. The summed E-state index contributed by atoms with van der Waals surface area (Å²) in [6.45, 7) is -0.306. The van der Waals surface area contributed by atoms with Gasteiger partial charge in [0.15, 0.2) is 0 Å². The number of carboxylic acid groups (broad SMARTS) is 1. The molecule has 0 aliphatic carbocycles. The zero-order chi connectivity index (χ0) is 13.7. The lowest BCUT2D eigenvalue weighted by molar-refractivity contribution is -0.139. The first kappa shape index (κ1) is 15.1. The van der Waals surface area contributed by atoms with Gasteiger partial charge in [-0.3, -0.25) is 4.79 Å². The van der Waals surface area contributed by atoms with Crippen LogP contribution in [-0.4, -0.2) is 34.7 Å². The number of hydrogen-bond acceptors (Lipinski definition) is 3. The molecule has 5 nitrogen and oxygen atoms in total. The van der Waals surface area contributed by atoms with Gasteiger partial charge in [0, 0.05) is 27.5 Å². The Morgan fingerprint density at radius 3 is 2.22 bits per heavy atom. The molecule has 0 fully saturated rings. The third kappa shape index (κ3) is 4.40. The Balaban J connectivity index is 2.83. The number of nitrogens with one attached hydrogen (secondary N) is 1. The van der Waals surface area contributed by atoms with Crippen LogP contribution in [0, 0.1) is 0 Å². The topological polar surface area (TPSA) is 86.6 Å².